The van der Waals surface area contributed by atoms with Gasteiger partial charge in [-0.2, -0.15) is 0 Å². The van der Waals surface area contributed by atoms with Gasteiger partial charge in [-0.15, -0.1) is 0 Å². The molecule has 1 unspecified atom stereocenters. The second-order valence-electron chi connectivity index (χ2n) is 9.78. The highest BCUT2D eigenvalue weighted by molar-refractivity contribution is 5.87. The number of carboxylic acids is 1. The van der Waals surface area contributed by atoms with Crippen molar-refractivity contribution in [1.29, 1.82) is 0 Å². The Bertz CT molecular complexity index is 1220. The smallest absolute Gasteiger partial charge is 0.337 e. The van der Waals surface area contributed by atoms with Gasteiger partial charge in [-0.05, 0) is 61.8 Å². The third-order valence-electron chi connectivity index (χ3n) is 7.46. The first-order chi connectivity index (χ1) is 17.0. The number of carbonyl (C=O) groups is 1. The summed E-state index contributed by atoms with van der Waals surface area (Å²) in [6, 6.07) is 7.12. The summed E-state index contributed by atoms with van der Waals surface area (Å²) >= 11 is 0. The summed E-state index contributed by atoms with van der Waals surface area (Å²) in [5.74, 6) is 0.302. The highest BCUT2D eigenvalue weighted by atomic mass is 19.1. The standard InChI is InChI=1S/C26H25F2N3O4/c27-20-2-1-3-21(28)23(20)24-19(25(35-30-24)14-4-5-14)13-34-18-8-16-11-31(12-17(16)9-18)22-7-6-15(10-29-22)26(32)33/h1-3,6-7,10,14,16-18H,4-5,8-9,11-13H2,(H,32,33)/t16-,17+,18?. The number of nitrogens with zero attached hydrogens (tertiary/aromatic N) is 3. The molecular formula is C26H25F2N3O4. The fourth-order valence-corrected chi connectivity index (χ4v) is 5.52. The molecule has 182 valence electrons. The Morgan fingerprint density at radius 3 is 2.43 bits per heavy atom. The van der Waals surface area contributed by atoms with Gasteiger partial charge < -0.3 is 19.3 Å². The Morgan fingerprint density at radius 2 is 1.83 bits per heavy atom. The van der Waals surface area contributed by atoms with Crippen molar-refractivity contribution >= 4 is 11.8 Å². The summed E-state index contributed by atoms with van der Waals surface area (Å²) in [6.45, 7) is 1.90. The highest BCUT2D eigenvalue weighted by Gasteiger charge is 2.42. The number of carboxylic acid groups (broad SMARTS) is 1. The maximum absolute atomic E-state index is 14.5. The van der Waals surface area contributed by atoms with Gasteiger partial charge in [0.2, 0.25) is 0 Å². The molecule has 1 aliphatic heterocycles. The zero-order chi connectivity index (χ0) is 24.1. The van der Waals surface area contributed by atoms with Crippen LogP contribution in [0.1, 0.15) is 53.3 Å². The van der Waals surface area contributed by atoms with Gasteiger partial charge in [-0.1, -0.05) is 11.2 Å². The van der Waals surface area contributed by atoms with Crippen molar-refractivity contribution in [2.75, 3.05) is 18.0 Å². The lowest BCUT2D eigenvalue weighted by atomic mass is 10.0. The molecule has 7 nitrogen and oxygen atoms in total. The number of fused-ring (bicyclic) bond motifs is 1. The van der Waals surface area contributed by atoms with Crippen LogP contribution in [0.4, 0.5) is 14.6 Å². The quantitative estimate of drug-likeness (QED) is 0.507. The van der Waals surface area contributed by atoms with Crippen molar-refractivity contribution in [2.45, 2.75) is 44.3 Å². The van der Waals surface area contributed by atoms with E-state index in [-0.39, 0.29) is 35.4 Å². The zero-order valence-corrected chi connectivity index (χ0v) is 19.0. The average Bonchev–Trinajstić information content (AvgIpc) is 3.31. The first-order valence-electron chi connectivity index (χ1n) is 12.0. The Balaban J connectivity index is 1.13. The number of anilines is 1. The first kappa shape index (κ1) is 22.2. The third-order valence-corrected chi connectivity index (χ3v) is 7.46. The molecule has 2 aromatic heterocycles. The lowest BCUT2D eigenvalue weighted by Crippen LogP contribution is -2.24. The van der Waals surface area contributed by atoms with Crippen molar-refractivity contribution in [1.82, 2.24) is 10.1 Å². The molecule has 3 aromatic rings. The number of aromatic nitrogens is 2. The van der Waals surface area contributed by atoms with E-state index in [0.717, 1.165) is 44.6 Å². The van der Waals surface area contributed by atoms with Crippen LogP contribution in [0.2, 0.25) is 0 Å². The minimum absolute atomic E-state index is 0.0507. The summed E-state index contributed by atoms with van der Waals surface area (Å²) < 4.78 is 40.8. The van der Waals surface area contributed by atoms with Gasteiger partial charge in [0.05, 0.1) is 23.8 Å². The van der Waals surface area contributed by atoms with Crippen molar-refractivity contribution in [3.8, 4) is 11.3 Å². The van der Waals surface area contributed by atoms with E-state index in [1.165, 1.54) is 24.4 Å². The Morgan fingerprint density at radius 1 is 1.11 bits per heavy atom. The van der Waals surface area contributed by atoms with Crippen LogP contribution in [0, 0.1) is 23.5 Å². The summed E-state index contributed by atoms with van der Waals surface area (Å²) in [4.78, 5) is 17.6. The largest absolute Gasteiger partial charge is 0.478 e. The number of ether oxygens (including phenoxy) is 1. The number of hydrogen-bond donors (Lipinski definition) is 1. The van der Waals surface area contributed by atoms with Crippen molar-refractivity contribution in [2.24, 2.45) is 11.8 Å². The molecule has 3 atom stereocenters. The monoisotopic (exact) mass is 481 g/mol. The lowest BCUT2D eigenvalue weighted by Gasteiger charge is -2.20. The predicted octanol–water partition coefficient (Wildman–Crippen LogP) is 5.02. The number of rotatable bonds is 7. The van der Waals surface area contributed by atoms with Gasteiger partial charge in [-0.3, -0.25) is 0 Å². The Kier molecular flexibility index (Phi) is 5.51. The maximum atomic E-state index is 14.5. The van der Waals surface area contributed by atoms with Gasteiger partial charge in [0.1, 0.15) is 28.9 Å². The van der Waals surface area contributed by atoms with Crippen molar-refractivity contribution in [3.63, 3.8) is 0 Å². The van der Waals surface area contributed by atoms with Crippen molar-refractivity contribution in [3.05, 3.63) is 65.1 Å². The number of hydrogen-bond acceptors (Lipinski definition) is 6. The van der Waals surface area contributed by atoms with Gasteiger partial charge in [-0.25, -0.2) is 18.6 Å². The van der Waals surface area contributed by atoms with E-state index in [0.29, 0.717) is 23.2 Å². The Hall–Kier alpha value is -3.33. The number of aromatic carboxylic acids is 1. The minimum Gasteiger partial charge on any atom is -0.478 e. The minimum atomic E-state index is -0.985. The summed E-state index contributed by atoms with van der Waals surface area (Å²) in [5, 5.41) is 13.1. The van der Waals surface area contributed by atoms with Gasteiger partial charge in [0.15, 0.2) is 0 Å². The van der Waals surface area contributed by atoms with Crippen LogP contribution in [0.25, 0.3) is 11.3 Å². The van der Waals surface area contributed by atoms with Crippen LogP contribution in [0.3, 0.4) is 0 Å². The molecular weight excluding hydrogens is 456 g/mol. The van der Waals surface area contributed by atoms with Gasteiger partial charge in [0.25, 0.3) is 0 Å². The van der Waals surface area contributed by atoms with Crippen LogP contribution in [-0.2, 0) is 11.3 Å². The molecule has 0 amide bonds. The van der Waals surface area contributed by atoms with E-state index in [2.05, 4.69) is 15.0 Å². The van der Waals surface area contributed by atoms with Crippen LogP contribution >= 0.6 is 0 Å². The second kappa shape index (κ2) is 8.71. The van der Waals surface area contributed by atoms with E-state index in [4.69, 9.17) is 14.4 Å². The summed E-state index contributed by atoms with van der Waals surface area (Å²) in [6.07, 6.45) is 5.18. The Labute approximate surface area is 200 Å². The predicted molar refractivity (Wildman–Crippen MR) is 122 cm³/mol. The fraction of sp³-hybridized carbons (Fsp3) is 0.423. The first-order valence-corrected chi connectivity index (χ1v) is 12.0. The topological polar surface area (TPSA) is 88.7 Å². The van der Waals surface area contributed by atoms with Crippen molar-refractivity contribution < 1.29 is 27.9 Å². The highest BCUT2D eigenvalue weighted by Crippen LogP contribution is 2.46. The third kappa shape index (κ3) is 4.18. The van der Waals surface area contributed by atoms with Crippen LogP contribution in [0.5, 0.6) is 0 Å². The molecule has 0 spiro atoms. The molecule has 2 aliphatic carbocycles. The summed E-state index contributed by atoms with van der Waals surface area (Å²) in [7, 11) is 0. The van der Waals surface area contributed by atoms with E-state index < -0.39 is 17.6 Å². The van der Waals surface area contributed by atoms with E-state index >= 15 is 0 Å². The molecule has 1 saturated heterocycles. The van der Waals surface area contributed by atoms with Crippen LogP contribution in [0.15, 0.2) is 41.1 Å². The van der Waals surface area contributed by atoms with E-state index in [1.54, 1.807) is 12.1 Å². The fourth-order valence-electron chi connectivity index (χ4n) is 5.52. The zero-order valence-electron chi connectivity index (χ0n) is 19.0. The molecule has 0 bridgehead atoms. The normalized spacial score (nSPS) is 23.6. The molecule has 2 saturated carbocycles. The molecule has 1 aromatic carbocycles. The van der Waals surface area contributed by atoms with Gasteiger partial charge >= 0.3 is 5.97 Å². The average molecular weight is 481 g/mol. The number of benzene rings is 1. The number of pyridine rings is 1. The lowest BCUT2D eigenvalue weighted by molar-refractivity contribution is 0.0402. The van der Waals surface area contributed by atoms with Crippen LogP contribution < -0.4 is 4.90 Å². The van der Waals surface area contributed by atoms with Crippen LogP contribution in [-0.4, -0.2) is 40.4 Å². The van der Waals surface area contributed by atoms with E-state index in [1.807, 2.05) is 0 Å². The SMILES string of the molecule is O=C(O)c1ccc(N2C[C@H]3CC(OCc4c(-c5c(F)cccc5F)noc4C4CC4)C[C@H]3C2)nc1. The molecule has 6 rings (SSSR count). The maximum Gasteiger partial charge on any atom is 0.337 e. The molecule has 9 heteroatoms. The molecule has 3 fully saturated rings. The van der Waals surface area contributed by atoms with E-state index in [9.17, 15) is 13.6 Å². The molecule has 0 radical (unpaired) electrons. The molecule has 3 aliphatic rings. The summed E-state index contributed by atoms with van der Waals surface area (Å²) in [5.41, 5.74) is 0.860. The molecule has 3 heterocycles. The molecule has 35 heavy (non-hydrogen) atoms. The van der Waals surface area contributed by atoms with Gasteiger partial charge in [0, 0.05) is 30.8 Å². The number of halogens is 2. The molecule has 1 N–H and O–H groups in total. The second-order valence-corrected chi connectivity index (χ2v) is 9.78.